The number of nitrogens with zero attached hydrogens (tertiary/aromatic N) is 2. The van der Waals surface area contributed by atoms with Crippen LogP contribution in [0.15, 0.2) is 54.7 Å². The molecule has 1 aliphatic heterocycles. The van der Waals surface area contributed by atoms with E-state index in [1.165, 1.54) is 11.8 Å². The summed E-state index contributed by atoms with van der Waals surface area (Å²) in [7, 11) is 0. The van der Waals surface area contributed by atoms with Crippen LogP contribution in [0, 0.1) is 0 Å². The van der Waals surface area contributed by atoms with E-state index in [1.807, 2.05) is 48.5 Å². The quantitative estimate of drug-likeness (QED) is 0.756. The molecule has 24 heavy (non-hydrogen) atoms. The molecule has 0 radical (unpaired) electrons. The van der Waals surface area contributed by atoms with E-state index < -0.39 is 0 Å². The molecule has 1 aromatic carbocycles. The molecule has 1 atom stereocenters. The van der Waals surface area contributed by atoms with E-state index in [1.54, 1.807) is 11.1 Å². The van der Waals surface area contributed by atoms with E-state index in [-0.39, 0.29) is 30.3 Å². The minimum absolute atomic E-state index is 0.0338. The maximum atomic E-state index is 12.1. The highest BCUT2D eigenvalue weighted by Crippen LogP contribution is 2.37. The van der Waals surface area contributed by atoms with Crippen molar-refractivity contribution in [3.63, 3.8) is 0 Å². The first kappa shape index (κ1) is 16.5. The first-order chi connectivity index (χ1) is 11.7. The first-order valence-electron chi connectivity index (χ1n) is 7.75. The summed E-state index contributed by atoms with van der Waals surface area (Å²) in [5, 5.41) is -0.124. The zero-order valence-corrected chi connectivity index (χ0v) is 13.9. The second kappa shape index (κ2) is 7.97. The summed E-state index contributed by atoms with van der Waals surface area (Å²) in [6.45, 7) is 0.604. The third-order valence-electron chi connectivity index (χ3n) is 3.71. The minimum Gasteiger partial charge on any atom is -0.461 e. The fourth-order valence-electron chi connectivity index (χ4n) is 2.48. The van der Waals surface area contributed by atoms with Gasteiger partial charge in [0, 0.05) is 12.7 Å². The third-order valence-corrected chi connectivity index (χ3v) is 4.93. The highest BCUT2D eigenvalue weighted by Gasteiger charge is 2.33. The van der Waals surface area contributed by atoms with Gasteiger partial charge < -0.3 is 9.64 Å². The van der Waals surface area contributed by atoms with Gasteiger partial charge in [-0.2, -0.15) is 0 Å². The van der Waals surface area contributed by atoms with E-state index in [2.05, 4.69) is 4.98 Å². The summed E-state index contributed by atoms with van der Waals surface area (Å²) in [6.07, 6.45) is 1.90. The van der Waals surface area contributed by atoms with Gasteiger partial charge in [-0.1, -0.05) is 36.4 Å². The Hall–Kier alpha value is -2.34. The molecule has 1 unspecified atom stereocenters. The van der Waals surface area contributed by atoms with E-state index in [9.17, 15) is 9.59 Å². The summed E-state index contributed by atoms with van der Waals surface area (Å²) >= 11 is 1.54. The standard InChI is InChI=1S/C18H18N2O3S/c21-16-13-24-18(15-8-4-5-10-19-15)20(16)11-9-17(22)23-12-14-6-2-1-3-7-14/h1-8,10,18H,9,11-13H2. The molecule has 5 nitrogen and oxygen atoms in total. The van der Waals surface area contributed by atoms with E-state index in [0.29, 0.717) is 12.3 Å². The largest absolute Gasteiger partial charge is 0.461 e. The molecule has 0 aliphatic carbocycles. The number of hydrogen-bond acceptors (Lipinski definition) is 5. The van der Waals surface area contributed by atoms with Gasteiger partial charge in [-0.3, -0.25) is 14.6 Å². The van der Waals surface area contributed by atoms with Crippen molar-refractivity contribution >= 4 is 23.6 Å². The lowest BCUT2D eigenvalue weighted by molar-refractivity contribution is -0.145. The molecule has 124 valence electrons. The molecule has 2 aromatic rings. The Morgan fingerprint density at radius 3 is 2.75 bits per heavy atom. The van der Waals surface area contributed by atoms with Gasteiger partial charge in [-0.15, -0.1) is 11.8 Å². The van der Waals surface area contributed by atoms with Gasteiger partial charge in [-0.05, 0) is 17.7 Å². The number of amides is 1. The Kier molecular flexibility index (Phi) is 5.48. The average molecular weight is 342 g/mol. The third kappa shape index (κ3) is 4.14. The topological polar surface area (TPSA) is 59.5 Å². The lowest BCUT2D eigenvalue weighted by atomic mass is 10.2. The van der Waals surface area contributed by atoms with Crippen molar-refractivity contribution in [2.75, 3.05) is 12.3 Å². The van der Waals surface area contributed by atoms with Crippen molar-refractivity contribution in [1.29, 1.82) is 0 Å². The van der Waals surface area contributed by atoms with Gasteiger partial charge in [0.1, 0.15) is 12.0 Å². The zero-order chi connectivity index (χ0) is 16.8. The summed E-state index contributed by atoms with van der Waals surface area (Å²) in [6, 6.07) is 15.2. The van der Waals surface area contributed by atoms with Gasteiger partial charge in [0.15, 0.2) is 0 Å². The van der Waals surface area contributed by atoms with Crippen molar-refractivity contribution in [1.82, 2.24) is 9.88 Å². The number of aromatic nitrogens is 1. The van der Waals surface area contributed by atoms with Crippen LogP contribution in [0.3, 0.4) is 0 Å². The monoisotopic (exact) mass is 342 g/mol. The Balaban J connectivity index is 1.52. The molecule has 1 saturated heterocycles. The molecule has 0 N–H and O–H groups in total. The number of hydrogen-bond donors (Lipinski definition) is 0. The van der Waals surface area contributed by atoms with Gasteiger partial charge in [0.05, 0.1) is 17.9 Å². The van der Waals surface area contributed by atoms with Crippen LogP contribution < -0.4 is 0 Å². The maximum Gasteiger partial charge on any atom is 0.307 e. The van der Waals surface area contributed by atoms with E-state index in [4.69, 9.17) is 4.74 Å². The van der Waals surface area contributed by atoms with Gasteiger partial charge in [0.25, 0.3) is 0 Å². The molecule has 1 fully saturated rings. The Bertz CT molecular complexity index is 694. The van der Waals surface area contributed by atoms with Crippen LogP contribution >= 0.6 is 11.8 Å². The zero-order valence-electron chi connectivity index (χ0n) is 13.1. The molecule has 2 heterocycles. The van der Waals surface area contributed by atoms with Gasteiger partial charge >= 0.3 is 5.97 Å². The molecule has 6 heteroatoms. The van der Waals surface area contributed by atoms with Crippen molar-refractivity contribution in [3.8, 4) is 0 Å². The lowest BCUT2D eigenvalue weighted by Crippen LogP contribution is -2.31. The second-order valence-electron chi connectivity index (χ2n) is 5.40. The number of pyridine rings is 1. The molecule has 0 bridgehead atoms. The van der Waals surface area contributed by atoms with Gasteiger partial charge in [0.2, 0.25) is 5.91 Å². The maximum absolute atomic E-state index is 12.1. The number of carbonyl (C=O) groups is 2. The van der Waals surface area contributed by atoms with E-state index in [0.717, 1.165) is 11.3 Å². The normalized spacial score (nSPS) is 17.1. The number of esters is 1. The first-order valence-corrected chi connectivity index (χ1v) is 8.80. The van der Waals surface area contributed by atoms with Crippen LogP contribution in [-0.4, -0.2) is 34.1 Å². The van der Waals surface area contributed by atoms with Crippen molar-refractivity contribution in [2.24, 2.45) is 0 Å². The number of rotatable bonds is 6. The van der Waals surface area contributed by atoms with Crippen LogP contribution in [-0.2, 0) is 20.9 Å². The molecule has 1 amide bonds. The SMILES string of the molecule is O=C(CCN1C(=O)CSC1c1ccccn1)OCc1ccccc1. The number of ether oxygens (including phenoxy) is 1. The summed E-state index contributed by atoms with van der Waals surface area (Å²) in [5.74, 6) is 0.148. The molecule has 1 aliphatic rings. The van der Waals surface area contributed by atoms with Crippen molar-refractivity contribution in [2.45, 2.75) is 18.4 Å². The lowest BCUT2D eigenvalue weighted by Gasteiger charge is -2.23. The van der Waals surface area contributed by atoms with Crippen LogP contribution in [0.25, 0.3) is 0 Å². The van der Waals surface area contributed by atoms with Gasteiger partial charge in [-0.25, -0.2) is 0 Å². The Labute approximate surface area is 145 Å². The smallest absolute Gasteiger partial charge is 0.307 e. The number of benzene rings is 1. The highest BCUT2D eigenvalue weighted by atomic mass is 32.2. The Morgan fingerprint density at radius 2 is 2.00 bits per heavy atom. The van der Waals surface area contributed by atoms with Crippen LogP contribution in [0.4, 0.5) is 0 Å². The molecule has 3 rings (SSSR count). The molecule has 1 aromatic heterocycles. The molecular formula is C18H18N2O3S. The fraction of sp³-hybridized carbons (Fsp3) is 0.278. The van der Waals surface area contributed by atoms with Crippen molar-refractivity contribution in [3.05, 3.63) is 66.0 Å². The number of carbonyl (C=O) groups excluding carboxylic acids is 2. The van der Waals surface area contributed by atoms with Crippen molar-refractivity contribution < 1.29 is 14.3 Å². The average Bonchev–Trinajstić information content (AvgIpc) is 3.00. The fourth-order valence-corrected chi connectivity index (χ4v) is 3.66. The molecule has 0 saturated carbocycles. The summed E-state index contributed by atoms with van der Waals surface area (Å²) in [5.41, 5.74) is 1.79. The Morgan fingerprint density at radius 1 is 1.21 bits per heavy atom. The van der Waals surface area contributed by atoms with E-state index >= 15 is 0 Å². The van der Waals surface area contributed by atoms with Crippen LogP contribution in [0.2, 0.25) is 0 Å². The predicted molar refractivity (Wildman–Crippen MR) is 92.0 cm³/mol. The predicted octanol–water partition coefficient (Wildman–Crippen LogP) is 2.79. The van der Waals surface area contributed by atoms with Crippen LogP contribution in [0.1, 0.15) is 23.1 Å². The summed E-state index contributed by atoms with van der Waals surface area (Å²) in [4.78, 5) is 30.0. The molecule has 0 spiro atoms. The highest BCUT2D eigenvalue weighted by molar-refractivity contribution is 8.00. The van der Waals surface area contributed by atoms with Crippen LogP contribution in [0.5, 0.6) is 0 Å². The second-order valence-corrected chi connectivity index (χ2v) is 6.47. The summed E-state index contributed by atoms with van der Waals surface area (Å²) < 4.78 is 5.26. The number of thioether (sulfide) groups is 1. The molecular weight excluding hydrogens is 324 g/mol. The minimum atomic E-state index is -0.302.